The van der Waals surface area contributed by atoms with E-state index >= 15 is 0 Å². The number of piperazine rings is 1. The molecule has 2 aliphatic heterocycles. The summed E-state index contributed by atoms with van der Waals surface area (Å²) in [4.78, 5) is 28.0. The van der Waals surface area contributed by atoms with Gasteiger partial charge >= 0.3 is 6.09 Å². The van der Waals surface area contributed by atoms with Crippen LogP contribution in [0.2, 0.25) is 0 Å². The molecule has 1 saturated heterocycles. The molecule has 8 heteroatoms. The molecule has 1 aromatic rings. The minimum Gasteiger partial charge on any atom is -0.454 e. The fraction of sp³-hybridized carbons (Fsp3) is 0.556. The molecule has 26 heavy (non-hydrogen) atoms. The second-order valence-corrected chi connectivity index (χ2v) is 7.36. The summed E-state index contributed by atoms with van der Waals surface area (Å²) in [5.41, 5.74) is 0.172. The summed E-state index contributed by atoms with van der Waals surface area (Å²) in [5, 5.41) is 2.86. The second-order valence-electron chi connectivity index (χ2n) is 7.36. The summed E-state index contributed by atoms with van der Waals surface area (Å²) in [6, 6.07) is 5.31. The minimum atomic E-state index is -0.501. The molecule has 3 rings (SSSR count). The number of rotatable bonds is 3. The smallest absolute Gasteiger partial charge is 0.410 e. The highest BCUT2D eigenvalue weighted by Gasteiger charge is 2.26. The molecule has 2 aliphatic rings. The number of fused-ring (bicyclic) bond motifs is 1. The summed E-state index contributed by atoms with van der Waals surface area (Å²) in [6.45, 7) is 8.39. The second kappa shape index (κ2) is 7.41. The maximum Gasteiger partial charge on any atom is 0.410 e. The Morgan fingerprint density at radius 3 is 2.50 bits per heavy atom. The van der Waals surface area contributed by atoms with Gasteiger partial charge in [0.25, 0.3) is 0 Å². The molecule has 0 unspecified atom stereocenters. The van der Waals surface area contributed by atoms with Gasteiger partial charge in [-0.25, -0.2) is 4.79 Å². The van der Waals surface area contributed by atoms with Gasteiger partial charge in [-0.15, -0.1) is 0 Å². The van der Waals surface area contributed by atoms with Crippen LogP contribution in [0.3, 0.4) is 0 Å². The summed E-state index contributed by atoms with van der Waals surface area (Å²) in [6.07, 6.45) is -0.304. The predicted molar refractivity (Wildman–Crippen MR) is 95.4 cm³/mol. The number of carbonyl (C=O) groups is 2. The van der Waals surface area contributed by atoms with Crippen LogP contribution in [-0.4, -0.2) is 66.9 Å². The van der Waals surface area contributed by atoms with Crippen molar-refractivity contribution in [3.8, 4) is 11.5 Å². The Hall–Kier alpha value is -2.48. The van der Waals surface area contributed by atoms with Crippen LogP contribution < -0.4 is 14.8 Å². The maximum atomic E-state index is 12.3. The maximum absolute atomic E-state index is 12.3. The molecule has 8 nitrogen and oxygen atoms in total. The fourth-order valence-electron chi connectivity index (χ4n) is 2.79. The summed E-state index contributed by atoms with van der Waals surface area (Å²) >= 11 is 0. The number of ether oxygens (including phenoxy) is 3. The Labute approximate surface area is 153 Å². The zero-order valence-corrected chi connectivity index (χ0v) is 15.4. The molecular formula is C18H25N3O5. The summed E-state index contributed by atoms with van der Waals surface area (Å²) in [7, 11) is 0. The van der Waals surface area contributed by atoms with Crippen molar-refractivity contribution in [2.45, 2.75) is 26.4 Å². The van der Waals surface area contributed by atoms with Crippen molar-refractivity contribution in [2.75, 3.05) is 44.8 Å². The van der Waals surface area contributed by atoms with Crippen LogP contribution in [-0.2, 0) is 9.53 Å². The van der Waals surface area contributed by atoms with Gasteiger partial charge in [-0.1, -0.05) is 0 Å². The first kappa shape index (κ1) is 18.3. The molecule has 0 radical (unpaired) electrons. The minimum absolute atomic E-state index is 0.102. The topological polar surface area (TPSA) is 80.3 Å². The van der Waals surface area contributed by atoms with E-state index in [1.54, 1.807) is 23.1 Å². The number of carbonyl (C=O) groups excluding carboxylic acids is 2. The highest BCUT2D eigenvalue weighted by Crippen LogP contribution is 2.34. The lowest BCUT2D eigenvalue weighted by Crippen LogP contribution is -2.51. The zero-order valence-electron chi connectivity index (χ0n) is 15.4. The number of hydrogen-bond acceptors (Lipinski definition) is 6. The van der Waals surface area contributed by atoms with E-state index in [4.69, 9.17) is 14.2 Å². The highest BCUT2D eigenvalue weighted by atomic mass is 16.7. The number of hydrogen-bond donors (Lipinski definition) is 1. The largest absolute Gasteiger partial charge is 0.454 e. The van der Waals surface area contributed by atoms with Crippen molar-refractivity contribution in [1.29, 1.82) is 0 Å². The molecule has 142 valence electrons. The van der Waals surface area contributed by atoms with Gasteiger partial charge in [0, 0.05) is 37.9 Å². The quantitative estimate of drug-likeness (QED) is 0.884. The van der Waals surface area contributed by atoms with Crippen LogP contribution in [0.1, 0.15) is 20.8 Å². The third kappa shape index (κ3) is 4.78. The first-order valence-electron chi connectivity index (χ1n) is 8.70. The van der Waals surface area contributed by atoms with Gasteiger partial charge in [-0.2, -0.15) is 0 Å². The third-order valence-electron chi connectivity index (χ3n) is 4.05. The van der Waals surface area contributed by atoms with Crippen molar-refractivity contribution in [3.05, 3.63) is 18.2 Å². The molecule has 0 aromatic heterocycles. The van der Waals surface area contributed by atoms with Crippen LogP contribution in [0, 0.1) is 0 Å². The molecule has 1 N–H and O–H groups in total. The van der Waals surface area contributed by atoms with Crippen LogP contribution in [0.4, 0.5) is 10.5 Å². The van der Waals surface area contributed by atoms with Gasteiger partial charge in [0.05, 0.1) is 6.54 Å². The van der Waals surface area contributed by atoms with Crippen molar-refractivity contribution < 1.29 is 23.8 Å². The van der Waals surface area contributed by atoms with E-state index in [0.29, 0.717) is 43.4 Å². The monoisotopic (exact) mass is 363 g/mol. The SMILES string of the molecule is CC(C)(C)OC(=O)N1CCN(CC(=O)Nc2ccc3c(c2)OCO3)CC1. The fourth-order valence-corrected chi connectivity index (χ4v) is 2.79. The highest BCUT2D eigenvalue weighted by molar-refractivity contribution is 5.92. The average molecular weight is 363 g/mol. The van der Waals surface area contributed by atoms with Gasteiger partial charge < -0.3 is 24.4 Å². The van der Waals surface area contributed by atoms with E-state index in [2.05, 4.69) is 5.32 Å². The van der Waals surface area contributed by atoms with E-state index in [9.17, 15) is 9.59 Å². The van der Waals surface area contributed by atoms with Crippen molar-refractivity contribution in [1.82, 2.24) is 9.80 Å². The average Bonchev–Trinajstić information content (AvgIpc) is 3.01. The summed E-state index contributed by atoms with van der Waals surface area (Å²) in [5.74, 6) is 1.21. The Bertz CT molecular complexity index is 678. The van der Waals surface area contributed by atoms with Crippen molar-refractivity contribution in [2.24, 2.45) is 0 Å². The number of anilines is 1. The van der Waals surface area contributed by atoms with Gasteiger partial charge in [0.1, 0.15) is 5.60 Å². The molecule has 0 saturated carbocycles. The standard InChI is InChI=1S/C18H25N3O5/c1-18(2,3)26-17(23)21-8-6-20(7-9-21)11-16(22)19-13-4-5-14-15(10-13)25-12-24-14/h4-5,10H,6-9,11-12H2,1-3H3,(H,19,22). The van der Waals surface area contributed by atoms with E-state index in [1.807, 2.05) is 25.7 Å². The molecule has 1 fully saturated rings. The Morgan fingerprint density at radius 2 is 1.81 bits per heavy atom. The first-order chi connectivity index (χ1) is 12.3. The molecule has 2 amide bonds. The van der Waals surface area contributed by atoms with Crippen LogP contribution in [0.5, 0.6) is 11.5 Å². The van der Waals surface area contributed by atoms with Crippen LogP contribution in [0.25, 0.3) is 0 Å². The lowest BCUT2D eigenvalue weighted by Gasteiger charge is -2.35. The molecule has 0 atom stereocenters. The molecule has 0 aliphatic carbocycles. The Kier molecular flexibility index (Phi) is 5.22. The van der Waals surface area contributed by atoms with Crippen LogP contribution >= 0.6 is 0 Å². The van der Waals surface area contributed by atoms with Crippen LogP contribution in [0.15, 0.2) is 18.2 Å². The lowest BCUT2D eigenvalue weighted by molar-refractivity contribution is -0.117. The number of nitrogens with zero attached hydrogens (tertiary/aromatic N) is 2. The molecular weight excluding hydrogens is 338 g/mol. The molecule has 0 spiro atoms. The number of benzene rings is 1. The third-order valence-corrected chi connectivity index (χ3v) is 4.05. The zero-order chi connectivity index (χ0) is 18.7. The summed E-state index contributed by atoms with van der Waals surface area (Å²) < 4.78 is 15.9. The van der Waals surface area contributed by atoms with E-state index in [1.165, 1.54) is 0 Å². The first-order valence-corrected chi connectivity index (χ1v) is 8.70. The van der Waals surface area contributed by atoms with E-state index in [0.717, 1.165) is 0 Å². The van der Waals surface area contributed by atoms with Crippen molar-refractivity contribution in [3.63, 3.8) is 0 Å². The lowest BCUT2D eigenvalue weighted by atomic mass is 10.2. The Balaban J connectivity index is 1.44. The molecule has 0 bridgehead atoms. The number of amides is 2. The normalized spacial score (nSPS) is 17.1. The van der Waals surface area contributed by atoms with E-state index < -0.39 is 5.60 Å². The molecule has 2 heterocycles. The Morgan fingerprint density at radius 1 is 1.12 bits per heavy atom. The predicted octanol–water partition coefficient (Wildman–Crippen LogP) is 1.91. The van der Waals surface area contributed by atoms with Gasteiger partial charge in [-0.05, 0) is 32.9 Å². The number of nitrogens with one attached hydrogen (secondary N) is 1. The molecule has 1 aromatic carbocycles. The van der Waals surface area contributed by atoms with Gasteiger partial charge in [0.15, 0.2) is 11.5 Å². The van der Waals surface area contributed by atoms with Gasteiger partial charge in [0.2, 0.25) is 12.7 Å². The van der Waals surface area contributed by atoms with Crippen molar-refractivity contribution >= 4 is 17.7 Å². The van der Waals surface area contributed by atoms with Gasteiger partial charge in [-0.3, -0.25) is 9.69 Å². The van der Waals surface area contributed by atoms with E-state index in [-0.39, 0.29) is 25.3 Å².